The number of ether oxygens (including phenoxy) is 1. The highest BCUT2D eigenvalue weighted by atomic mass is 19.1. The van der Waals surface area contributed by atoms with E-state index < -0.39 is 5.82 Å². The molecule has 2 aromatic carbocycles. The number of aromatic nitrogens is 5. The van der Waals surface area contributed by atoms with Gasteiger partial charge in [0.25, 0.3) is 5.89 Å². The van der Waals surface area contributed by atoms with Crippen molar-refractivity contribution in [1.29, 1.82) is 0 Å². The highest BCUT2D eigenvalue weighted by Crippen LogP contribution is 2.31. The van der Waals surface area contributed by atoms with Gasteiger partial charge in [-0.05, 0) is 29.8 Å². The molecule has 0 saturated heterocycles. The van der Waals surface area contributed by atoms with Gasteiger partial charge in [0.2, 0.25) is 5.82 Å². The largest absolute Gasteiger partial charge is 0.365 e. The van der Waals surface area contributed by atoms with Crippen LogP contribution in [0.4, 0.5) is 8.78 Å². The lowest BCUT2D eigenvalue weighted by Crippen LogP contribution is -2.22. The van der Waals surface area contributed by atoms with Crippen molar-refractivity contribution in [3.8, 4) is 23.0 Å². The van der Waals surface area contributed by atoms with E-state index >= 15 is 0 Å². The minimum atomic E-state index is -0.440. The van der Waals surface area contributed by atoms with Crippen LogP contribution in [0.15, 0.2) is 53.1 Å². The molecule has 0 unspecified atom stereocenters. The van der Waals surface area contributed by atoms with Gasteiger partial charge in [-0.3, -0.25) is 0 Å². The molecule has 0 fully saturated rings. The number of nitrogens with zero attached hydrogens (tertiary/aromatic N) is 5. The van der Waals surface area contributed by atoms with Crippen LogP contribution in [0.2, 0.25) is 0 Å². The predicted octanol–water partition coefficient (Wildman–Crippen LogP) is 3.54. The Labute approximate surface area is 157 Å². The summed E-state index contributed by atoms with van der Waals surface area (Å²) >= 11 is 0. The van der Waals surface area contributed by atoms with Gasteiger partial charge in [0.05, 0.1) is 24.4 Å². The quantitative estimate of drug-likeness (QED) is 0.540. The third-order valence-electron chi connectivity index (χ3n) is 4.58. The lowest BCUT2D eigenvalue weighted by Gasteiger charge is -2.24. The Balaban J connectivity index is 1.43. The molecule has 28 heavy (non-hydrogen) atoms. The molecule has 140 valence electrons. The van der Waals surface area contributed by atoms with Crippen LogP contribution >= 0.6 is 0 Å². The van der Waals surface area contributed by atoms with Crippen molar-refractivity contribution in [2.75, 3.05) is 0 Å². The molecule has 1 aliphatic heterocycles. The summed E-state index contributed by atoms with van der Waals surface area (Å²) < 4.78 is 39.9. The fourth-order valence-electron chi connectivity index (χ4n) is 3.13. The fourth-order valence-corrected chi connectivity index (χ4v) is 3.13. The molecule has 5 rings (SSSR count). The molecule has 0 aliphatic carbocycles. The van der Waals surface area contributed by atoms with Crippen molar-refractivity contribution in [1.82, 2.24) is 25.1 Å². The minimum absolute atomic E-state index is 0.135. The maximum atomic E-state index is 13.9. The van der Waals surface area contributed by atoms with Crippen molar-refractivity contribution < 1.29 is 18.0 Å². The highest BCUT2D eigenvalue weighted by molar-refractivity contribution is 5.59. The Kier molecular flexibility index (Phi) is 3.94. The maximum Gasteiger partial charge on any atom is 0.280 e. The zero-order chi connectivity index (χ0) is 19.1. The van der Waals surface area contributed by atoms with Gasteiger partial charge < -0.3 is 9.26 Å². The minimum Gasteiger partial charge on any atom is -0.365 e. The lowest BCUT2D eigenvalue weighted by molar-refractivity contribution is -0.00120. The molecule has 0 N–H and O–H groups in total. The number of hydrogen-bond donors (Lipinski definition) is 0. The third kappa shape index (κ3) is 2.85. The van der Waals surface area contributed by atoms with E-state index in [0.717, 1.165) is 5.56 Å². The normalized spacial score (nSPS) is 16.1. The zero-order valence-corrected chi connectivity index (χ0v) is 14.4. The van der Waals surface area contributed by atoms with Crippen molar-refractivity contribution >= 4 is 0 Å². The Morgan fingerprint density at radius 2 is 1.86 bits per heavy atom. The van der Waals surface area contributed by atoms with E-state index in [1.165, 1.54) is 18.2 Å². The molecule has 4 aromatic rings. The van der Waals surface area contributed by atoms with Crippen LogP contribution in [-0.4, -0.2) is 25.1 Å². The van der Waals surface area contributed by atoms with E-state index in [9.17, 15) is 8.78 Å². The highest BCUT2D eigenvalue weighted by Gasteiger charge is 2.28. The van der Waals surface area contributed by atoms with Gasteiger partial charge in [0, 0.05) is 0 Å². The summed E-state index contributed by atoms with van der Waals surface area (Å²) in [7, 11) is 0. The van der Waals surface area contributed by atoms with Gasteiger partial charge >= 0.3 is 0 Å². The van der Waals surface area contributed by atoms with E-state index in [1.807, 2.05) is 0 Å². The van der Waals surface area contributed by atoms with E-state index in [4.69, 9.17) is 9.26 Å². The number of halogens is 2. The molecule has 1 atom stereocenters. The van der Waals surface area contributed by atoms with Gasteiger partial charge in [0.15, 0.2) is 5.69 Å². The topological polar surface area (TPSA) is 78.9 Å². The Morgan fingerprint density at radius 3 is 2.68 bits per heavy atom. The second-order valence-electron chi connectivity index (χ2n) is 6.32. The molecule has 0 bridgehead atoms. The second kappa shape index (κ2) is 6.61. The molecular weight excluding hydrogens is 368 g/mol. The lowest BCUT2D eigenvalue weighted by atomic mass is 10.1. The van der Waals surface area contributed by atoms with Crippen molar-refractivity contribution in [3.05, 3.63) is 71.4 Å². The average molecular weight is 381 g/mol. The molecule has 0 amide bonds. The van der Waals surface area contributed by atoms with Crippen LogP contribution in [0.1, 0.15) is 17.4 Å². The van der Waals surface area contributed by atoms with Crippen LogP contribution in [-0.2, 0) is 17.9 Å². The van der Waals surface area contributed by atoms with Gasteiger partial charge in [-0.25, -0.2) is 13.5 Å². The monoisotopic (exact) mass is 381 g/mol. The SMILES string of the molecule is Fc1ccc([C@H]2Cn3nnc(-c4nc(-c5ccccc5F)no4)c3CO2)cc1. The molecule has 1 aliphatic rings. The number of hydrogen-bond acceptors (Lipinski definition) is 6. The Bertz CT molecular complexity index is 1140. The van der Waals surface area contributed by atoms with E-state index in [1.54, 1.807) is 35.0 Å². The smallest absolute Gasteiger partial charge is 0.280 e. The first kappa shape index (κ1) is 16.7. The first-order valence-corrected chi connectivity index (χ1v) is 8.57. The van der Waals surface area contributed by atoms with E-state index in [2.05, 4.69) is 20.5 Å². The van der Waals surface area contributed by atoms with Gasteiger partial charge in [-0.2, -0.15) is 4.98 Å². The molecule has 0 spiro atoms. The molecule has 9 heteroatoms. The maximum absolute atomic E-state index is 13.9. The summed E-state index contributed by atoms with van der Waals surface area (Å²) in [6.07, 6.45) is -0.265. The van der Waals surface area contributed by atoms with Crippen molar-refractivity contribution in [3.63, 3.8) is 0 Å². The van der Waals surface area contributed by atoms with E-state index in [-0.39, 0.29) is 35.8 Å². The van der Waals surface area contributed by atoms with Crippen molar-refractivity contribution in [2.24, 2.45) is 0 Å². The second-order valence-corrected chi connectivity index (χ2v) is 6.32. The number of fused-ring (bicyclic) bond motifs is 1. The van der Waals surface area contributed by atoms with Gasteiger partial charge in [-0.1, -0.05) is 34.6 Å². The molecule has 0 saturated carbocycles. The molecule has 2 aromatic heterocycles. The van der Waals surface area contributed by atoms with E-state index in [0.29, 0.717) is 17.9 Å². The summed E-state index contributed by atoms with van der Waals surface area (Å²) in [6, 6.07) is 12.3. The van der Waals surface area contributed by atoms with Gasteiger partial charge in [0.1, 0.15) is 17.7 Å². The first-order chi connectivity index (χ1) is 13.7. The first-order valence-electron chi connectivity index (χ1n) is 8.57. The summed E-state index contributed by atoms with van der Waals surface area (Å²) in [6.45, 7) is 0.643. The van der Waals surface area contributed by atoms with Crippen LogP contribution in [0.5, 0.6) is 0 Å². The Hall–Kier alpha value is -3.46. The molecule has 0 radical (unpaired) electrons. The molecular formula is C19H13F2N5O2. The van der Waals surface area contributed by atoms with Gasteiger partial charge in [-0.15, -0.1) is 5.10 Å². The predicted molar refractivity (Wildman–Crippen MR) is 92.6 cm³/mol. The summed E-state index contributed by atoms with van der Waals surface area (Å²) in [5.74, 6) is -0.463. The average Bonchev–Trinajstić information content (AvgIpc) is 3.35. The third-order valence-corrected chi connectivity index (χ3v) is 4.58. The van der Waals surface area contributed by atoms with Crippen LogP contribution in [0.3, 0.4) is 0 Å². The summed E-state index contributed by atoms with van der Waals surface area (Å²) in [5.41, 5.74) is 2.17. The summed E-state index contributed by atoms with van der Waals surface area (Å²) in [5, 5.41) is 12.1. The standard InChI is InChI=1S/C19H13F2N5O2/c20-12-7-5-11(6-8-12)16-9-26-15(10-27-16)17(23-25-26)19-22-18(24-28-19)13-3-1-2-4-14(13)21/h1-8,16H,9-10H2/t16-/m1/s1. The van der Waals surface area contributed by atoms with Crippen LogP contribution in [0.25, 0.3) is 23.0 Å². The number of benzene rings is 2. The van der Waals surface area contributed by atoms with Crippen LogP contribution < -0.4 is 0 Å². The fraction of sp³-hybridized carbons (Fsp3) is 0.158. The zero-order valence-electron chi connectivity index (χ0n) is 14.4. The van der Waals surface area contributed by atoms with Crippen molar-refractivity contribution in [2.45, 2.75) is 19.3 Å². The molecule has 7 nitrogen and oxygen atoms in total. The summed E-state index contributed by atoms with van der Waals surface area (Å²) in [4.78, 5) is 4.25. The number of rotatable bonds is 3. The molecule has 3 heterocycles. The van der Waals surface area contributed by atoms with Crippen LogP contribution in [0, 0.1) is 11.6 Å². The Morgan fingerprint density at radius 1 is 1.04 bits per heavy atom.